The summed E-state index contributed by atoms with van der Waals surface area (Å²) in [5.74, 6) is 0. The molecule has 9 aromatic carbocycles. The highest BCUT2D eigenvalue weighted by Crippen LogP contribution is 2.50. The van der Waals surface area contributed by atoms with Gasteiger partial charge in [0.05, 0.1) is 0 Å². The van der Waals surface area contributed by atoms with Gasteiger partial charge in [-0.1, -0.05) is 183 Å². The first kappa shape index (κ1) is 29.9. The van der Waals surface area contributed by atoms with Crippen LogP contribution in [0.1, 0.15) is 0 Å². The molecule has 0 nitrogen and oxygen atoms in total. The van der Waals surface area contributed by atoms with Crippen LogP contribution < -0.4 is 10.4 Å². The Kier molecular flexibility index (Phi) is 6.74. The Labute approximate surface area is 300 Å². The molecule has 0 radical (unpaired) electrons. The quantitative estimate of drug-likeness (QED) is 0.130. The fourth-order valence-electron chi connectivity index (χ4n) is 8.82. The minimum Gasteiger partial charge on any atom is -0.0623 e. The predicted molar refractivity (Wildman–Crippen MR) is 223 cm³/mol. The predicted octanol–water partition coefficient (Wildman–Crippen LogP) is 12.6. The molecule has 0 amide bonds. The first-order valence-corrected chi connectivity index (χ1v) is 20.9. The third kappa shape index (κ3) is 4.59. The second-order valence-electron chi connectivity index (χ2n) is 14.4. The minimum atomic E-state index is -1.96. The van der Waals surface area contributed by atoms with Crippen LogP contribution in [0.3, 0.4) is 0 Å². The minimum absolute atomic E-state index is 1.23. The third-order valence-corrected chi connectivity index (χ3v) is 14.8. The Morgan fingerprint density at radius 1 is 0.294 bits per heavy atom. The zero-order valence-electron chi connectivity index (χ0n) is 28.8. The van der Waals surface area contributed by atoms with Crippen LogP contribution in [0, 0.1) is 0 Å². The molecule has 0 bridgehead atoms. The lowest BCUT2D eigenvalue weighted by Gasteiger charge is -2.24. The van der Waals surface area contributed by atoms with Crippen molar-refractivity contribution in [1.82, 2.24) is 0 Å². The van der Waals surface area contributed by atoms with Crippen LogP contribution in [-0.4, -0.2) is 8.07 Å². The van der Waals surface area contributed by atoms with Crippen LogP contribution in [-0.2, 0) is 0 Å². The van der Waals surface area contributed by atoms with E-state index in [1.807, 2.05) is 0 Å². The second kappa shape index (κ2) is 11.5. The summed E-state index contributed by atoms with van der Waals surface area (Å²) >= 11 is 0. The number of fused-ring (bicyclic) bond motifs is 6. The number of rotatable bonds is 4. The molecule has 0 fully saturated rings. The van der Waals surface area contributed by atoms with Gasteiger partial charge in [0.15, 0.2) is 0 Å². The monoisotopic (exact) mass is 664 g/mol. The summed E-state index contributed by atoms with van der Waals surface area (Å²) in [5.41, 5.74) is 12.9. The van der Waals surface area contributed by atoms with E-state index in [9.17, 15) is 0 Å². The van der Waals surface area contributed by atoms with Crippen molar-refractivity contribution < 1.29 is 0 Å². The van der Waals surface area contributed by atoms with Gasteiger partial charge in [0.1, 0.15) is 8.07 Å². The standard InChI is InChI=1S/C50H36Si/c1-51(2)46-25-15-14-24-40(46)42-31-44-45(32-47(42)51)48(36-21-10-5-11-22-36)43-30-37(33-16-6-3-7-17-33)27-29-41(43)50(44)49-38-23-13-12-20-35(38)26-28-39(49)34-18-8-4-9-19-34/h3-32H,1-2H3. The molecule has 1 heterocycles. The zero-order valence-corrected chi connectivity index (χ0v) is 29.8. The molecule has 1 heteroatoms. The summed E-state index contributed by atoms with van der Waals surface area (Å²) in [7, 11) is -1.96. The van der Waals surface area contributed by atoms with Gasteiger partial charge < -0.3 is 0 Å². The van der Waals surface area contributed by atoms with Gasteiger partial charge in [-0.25, -0.2) is 0 Å². The van der Waals surface area contributed by atoms with E-state index >= 15 is 0 Å². The fraction of sp³-hybridized carbons (Fsp3) is 0.0400. The average Bonchev–Trinajstić information content (AvgIpc) is 3.41. The molecule has 9 aromatic rings. The molecule has 0 spiro atoms. The normalized spacial score (nSPS) is 13.1. The molecule has 0 saturated heterocycles. The lowest BCUT2D eigenvalue weighted by molar-refractivity contribution is 1.62. The molecule has 0 atom stereocenters. The summed E-state index contributed by atoms with van der Waals surface area (Å²) < 4.78 is 0. The topological polar surface area (TPSA) is 0 Å². The van der Waals surface area contributed by atoms with Gasteiger partial charge in [0.25, 0.3) is 0 Å². The summed E-state index contributed by atoms with van der Waals surface area (Å²) in [6, 6.07) is 67.9. The summed E-state index contributed by atoms with van der Waals surface area (Å²) in [6.07, 6.45) is 0. The SMILES string of the molecule is C[Si]1(C)c2ccccc2-c2cc3c(-c4c(-c5ccccc5)ccc5ccccc45)c4ccc(-c5ccccc5)cc4c(-c4ccccc4)c3cc21. The van der Waals surface area contributed by atoms with Gasteiger partial charge in [-0.05, 0) is 110 Å². The van der Waals surface area contributed by atoms with E-state index in [2.05, 4.69) is 195 Å². The van der Waals surface area contributed by atoms with Crippen molar-refractivity contribution in [3.05, 3.63) is 182 Å². The van der Waals surface area contributed by atoms with Gasteiger partial charge in [-0.15, -0.1) is 0 Å². The molecule has 240 valence electrons. The zero-order chi connectivity index (χ0) is 34.1. The molecule has 10 rings (SSSR count). The largest absolute Gasteiger partial charge is 0.113 e. The van der Waals surface area contributed by atoms with Crippen LogP contribution >= 0.6 is 0 Å². The Morgan fingerprint density at radius 3 is 1.67 bits per heavy atom. The highest BCUT2D eigenvalue weighted by molar-refractivity contribution is 7.04. The summed E-state index contributed by atoms with van der Waals surface area (Å²) in [4.78, 5) is 0. The number of hydrogen-bond donors (Lipinski definition) is 0. The van der Waals surface area contributed by atoms with E-state index in [1.54, 1.807) is 0 Å². The molecule has 51 heavy (non-hydrogen) atoms. The van der Waals surface area contributed by atoms with E-state index in [0.717, 1.165) is 0 Å². The van der Waals surface area contributed by atoms with Crippen molar-refractivity contribution in [2.75, 3.05) is 0 Å². The average molecular weight is 665 g/mol. The fourth-order valence-corrected chi connectivity index (χ4v) is 11.9. The maximum Gasteiger partial charge on any atom is 0.113 e. The van der Waals surface area contributed by atoms with E-state index in [4.69, 9.17) is 0 Å². The van der Waals surface area contributed by atoms with Crippen molar-refractivity contribution in [2.24, 2.45) is 0 Å². The van der Waals surface area contributed by atoms with Crippen LogP contribution in [0.4, 0.5) is 0 Å². The van der Waals surface area contributed by atoms with Crippen molar-refractivity contribution in [3.8, 4) is 55.6 Å². The maximum atomic E-state index is 2.60. The van der Waals surface area contributed by atoms with E-state index < -0.39 is 8.07 Å². The van der Waals surface area contributed by atoms with Crippen LogP contribution in [0.2, 0.25) is 13.1 Å². The molecule has 1 aliphatic rings. The maximum absolute atomic E-state index is 2.60. The van der Waals surface area contributed by atoms with Crippen LogP contribution in [0.15, 0.2) is 182 Å². The lowest BCUT2D eigenvalue weighted by atomic mass is 9.80. The second-order valence-corrected chi connectivity index (χ2v) is 18.8. The molecule has 1 aliphatic heterocycles. The van der Waals surface area contributed by atoms with E-state index in [-0.39, 0.29) is 0 Å². The first-order chi connectivity index (χ1) is 25.1. The summed E-state index contributed by atoms with van der Waals surface area (Å²) in [5, 5.41) is 10.8. The number of benzene rings is 9. The van der Waals surface area contributed by atoms with Crippen molar-refractivity contribution in [1.29, 1.82) is 0 Å². The molecular weight excluding hydrogens is 629 g/mol. The Hall–Kier alpha value is -6.02. The van der Waals surface area contributed by atoms with Gasteiger partial charge >= 0.3 is 0 Å². The molecule has 0 unspecified atom stereocenters. The molecular formula is C50H36Si. The van der Waals surface area contributed by atoms with Gasteiger partial charge in [-0.3, -0.25) is 0 Å². The Morgan fingerprint density at radius 2 is 0.902 bits per heavy atom. The van der Waals surface area contributed by atoms with Gasteiger partial charge in [0, 0.05) is 0 Å². The van der Waals surface area contributed by atoms with Crippen molar-refractivity contribution in [3.63, 3.8) is 0 Å². The van der Waals surface area contributed by atoms with E-state index in [1.165, 1.54) is 98.3 Å². The lowest BCUT2D eigenvalue weighted by Crippen LogP contribution is -2.49. The number of hydrogen-bond acceptors (Lipinski definition) is 0. The first-order valence-electron chi connectivity index (χ1n) is 17.9. The third-order valence-electron chi connectivity index (χ3n) is 11.3. The van der Waals surface area contributed by atoms with Gasteiger partial charge in [0.2, 0.25) is 0 Å². The Balaban J connectivity index is 1.45. The molecule has 0 aliphatic carbocycles. The van der Waals surface area contributed by atoms with Gasteiger partial charge in [-0.2, -0.15) is 0 Å². The summed E-state index contributed by atoms with van der Waals surface area (Å²) in [6.45, 7) is 5.05. The molecule has 0 aromatic heterocycles. The van der Waals surface area contributed by atoms with Crippen molar-refractivity contribution >= 4 is 50.8 Å². The van der Waals surface area contributed by atoms with E-state index in [0.29, 0.717) is 0 Å². The van der Waals surface area contributed by atoms with Crippen LogP contribution in [0.5, 0.6) is 0 Å². The molecule has 0 saturated carbocycles. The van der Waals surface area contributed by atoms with Crippen molar-refractivity contribution in [2.45, 2.75) is 13.1 Å². The molecule has 0 N–H and O–H groups in total. The highest BCUT2D eigenvalue weighted by Gasteiger charge is 2.38. The highest BCUT2D eigenvalue weighted by atomic mass is 28.3. The smallest absolute Gasteiger partial charge is 0.0623 e. The van der Waals surface area contributed by atoms with Crippen LogP contribution in [0.25, 0.3) is 88.0 Å². The Bertz CT molecular complexity index is 2800.